The van der Waals surface area contributed by atoms with E-state index in [4.69, 9.17) is 0 Å². The van der Waals surface area contributed by atoms with Crippen LogP contribution >= 0.6 is 0 Å². The summed E-state index contributed by atoms with van der Waals surface area (Å²) in [6.07, 6.45) is 2.09. The van der Waals surface area contributed by atoms with Gasteiger partial charge in [0, 0.05) is 45.3 Å². The number of hydrogen-bond acceptors (Lipinski definition) is 3. The second-order valence-electron chi connectivity index (χ2n) is 9.01. The summed E-state index contributed by atoms with van der Waals surface area (Å²) in [7, 11) is 0. The number of piperazine rings is 1. The summed E-state index contributed by atoms with van der Waals surface area (Å²) in [6, 6.07) is 16.3. The third-order valence-electron chi connectivity index (χ3n) is 6.75. The average molecular weight is 436 g/mol. The van der Waals surface area contributed by atoms with E-state index in [1.807, 2.05) is 13.8 Å². The van der Waals surface area contributed by atoms with Crippen molar-refractivity contribution in [3.05, 3.63) is 59.2 Å². The second kappa shape index (κ2) is 11.6. The minimum atomic E-state index is 0.287. The van der Waals surface area contributed by atoms with Gasteiger partial charge in [0.25, 0.3) is 0 Å². The zero-order valence-electron chi connectivity index (χ0n) is 20.7. The van der Waals surface area contributed by atoms with Crippen LogP contribution in [0.2, 0.25) is 0 Å². The van der Waals surface area contributed by atoms with Crippen LogP contribution in [0.1, 0.15) is 51.3 Å². The Morgan fingerprint density at radius 1 is 0.875 bits per heavy atom. The molecule has 0 atom stereocenters. The van der Waals surface area contributed by atoms with Gasteiger partial charge in [0.2, 0.25) is 5.91 Å². The van der Waals surface area contributed by atoms with Gasteiger partial charge in [-0.2, -0.15) is 0 Å². The predicted molar refractivity (Wildman–Crippen MR) is 135 cm³/mol. The van der Waals surface area contributed by atoms with Gasteiger partial charge in [-0.25, -0.2) is 0 Å². The first-order valence-electron chi connectivity index (χ1n) is 12.5. The van der Waals surface area contributed by atoms with Gasteiger partial charge in [0.05, 0.1) is 6.54 Å². The van der Waals surface area contributed by atoms with E-state index in [9.17, 15) is 4.79 Å². The van der Waals surface area contributed by atoms with Crippen LogP contribution in [0.15, 0.2) is 42.5 Å². The zero-order valence-corrected chi connectivity index (χ0v) is 20.7. The highest BCUT2D eigenvalue weighted by Gasteiger charge is 2.25. The molecular formula is C28H41N3O. The maximum absolute atomic E-state index is 12.8. The van der Waals surface area contributed by atoms with Gasteiger partial charge in [-0.05, 0) is 54.5 Å². The lowest BCUT2D eigenvalue weighted by Crippen LogP contribution is -2.53. The Labute approximate surface area is 195 Å². The molecule has 0 unspecified atom stereocenters. The highest BCUT2D eigenvalue weighted by atomic mass is 16.2. The van der Waals surface area contributed by atoms with Crippen molar-refractivity contribution in [3.8, 4) is 11.1 Å². The molecule has 2 heterocycles. The lowest BCUT2D eigenvalue weighted by atomic mass is 9.94. The van der Waals surface area contributed by atoms with Crippen molar-refractivity contribution in [2.24, 2.45) is 0 Å². The molecule has 0 spiro atoms. The summed E-state index contributed by atoms with van der Waals surface area (Å²) in [4.78, 5) is 19.6. The Morgan fingerprint density at radius 3 is 2.16 bits per heavy atom. The summed E-state index contributed by atoms with van der Waals surface area (Å²) in [6.45, 7) is 16.7. The maximum Gasteiger partial charge on any atom is 0.236 e. The molecule has 2 aromatic rings. The average Bonchev–Trinajstić information content (AvgIpc) is 2.85. The van der Waals surface area contributed by atoms with Crippen LogP contribution in [0.5, 0.6) is 0 Å². The van der Waals surface area contributed by atoms with E-state index in [-0.39, 0.29) is 5.91 Å². The van der Waals surface area contributed by atoms with Crippen molar-refractivity contribution >= 4 is 5.91 Å². The fourth-order valence-corrected chi connectivity index (χ4v) is 4.64. The first-order chi connectivity index (χ1) is 15.5. The SMILES string of the molecule is CC.CCc1ccc(-c2ccc3c(c2)CCN(CC(=O)N2CCN(C(C)C)CC2)C3)cc1. The molecule has 4 nitrogen and oxygen atoms in total. The van der Waals surface area contributed by atoms with Crippen LogP contribution in [0.4, 0.5) is 0 Å². The smallest absolute Gasteiger partial charge is 0.236 e. The number of hydrogen-bond donors (Lipinski definition) is 0. The first-order valence-corrected chi connectivity index (χ1v) is 12.5. The zero-order chi connectivity index (χ0) is 23.1. The standard InChI is InChI=1S/C26H35N3O.C2H6/c1-4-21-5-7-22(8-6-21)23-9-10-25-18-27(12-11-24(25)17-23)19-26(30)29-15-13-28(14-16-29)20(2)3;1-2/h5-10,17,20H,4,11-16,18-19H2,1-3H3;1-2H3. The van der Waals surface area contributed by atoms with Crippen LogP contribution in [0, 0.1) is 0 Å². The molecule has 1 fully saturated rings. The molecule has 2 aliphatic heterocycles. The van der Waals surface area contributed by atoms with Crippen LogP contribution in [-0.4, -0.2) is 65.9 Å². The van der Waals surface area contributed by atoms with Crippen molar-refractivity contribution in [1.29, 1.82) is 0 Å². The van der Waals surface area contributed by atoms with Gasteiger partial charge >= 0.3 is 0 Å². The summed E-state index contributed by atoms with van der Waals surface area (Å²) in [5.74, 6) is 0.287. The van der Waals surface area contributed by atoms with E-state index in [0.29, 0.717) is 12.6 Å². The number of benzene rings is 2. The monoisotopic (exact) mass is 435 g/mol. The van der Waals surface area contributed by atoms with Crippen molar-refractivity contribution in [2.75, 3.05) is 39.3 Å². The lowest BCUT2D eigenvalue weighted by Gasteiger charge is -2.38. The third-order valence-corrected chi connectivity index (χ3v) is 6.75. The fraction of sp³-hybridized carbons (Fsp3) is 0.536. The van der Waals surface area contributed by atoms with Crippen molar-refractivity contribution < 1.29 is 4.79 Å². The van der Waals surface area contributed by atoms with Gasteiger partial charge < -0.3 is 4.90 Å². The van der Waals surface area contributed by atoms with Gasteiger partial charge in [0.15, 0.2) is 0 Å². The number of carbonyl (C=O) groups excluding carboxylic acids is 1. The normalized spacial score (nSPS) is 17.0. The molecule has 174 valence electrons. The van der Waals surface area contributed by atoms with E-state index in [1.165, 1.54) is 27.8 Å². The molecule has 2 aliphatic rings. The summed E-state index contributed by atoms with van der Waals surface area (Å²) in [5.41, 5.74) is 6.76. The molecule has 2 aromatic carbocycles. The fourth-order valence-electron chi connectivity index (χ4n) is 4.64. The highest BCUT2D eigenvalue weighted by molar-refractivity contribution is 5.78. The number of aryl methyl sites for hydroxylation is 1. The van der Waals surface area contributed by atoms with E-state index >= 15 is 0 Å². The lowest BCUT2D eigenvalue weighted by molar-refractivity contribution is -0.134. The third kappa shape index (κ3) is 5.99. The largest absolute Gasteiger partial charge is 0.339 e. The predicted octanol–water partition coefficient (Wildman–Crippen LogP) is 4.85. The highest BCUT2D eigenvalue weighted by Crippen LogP contribution is 2.27. The number of nitrogens with zero attached hydrogens (tertiary/aromatic N) is 3. The Kier molecular flexibility index (Phi) is 8.89. The number of fused-ring (bicyclic) bond motifs is 1. The molecule has 0 aromatic heterocycles. The maximum atomic E-state index is 12.8. The van der Waals surface area contributed by atoms with Gasteiger partial charge in [0.1, 0.15) is 0 Å². The van der Waals surface area contributed by atoms with E-state index < -0.39 is 0 Å². The van der Waals surface area contributed by atoms with Crippen molar-refractivity contribution in [1.82, 2.24) is 14.7 Å². The minimum absolute atomic E-state index is 0.287. The van der Waals surface area contributed by atoms with E-state index in [1.54, 1.807) is 0 Å². The molecule has 0 bridgehead atoms. The van der Waals surface area contributed by atoms with E-state index in [2.05, 4.69) is 77.9 Å². The van der Waals surface area contributed by atoms with Crippen LogP contribution in [0.3, 0.4) is 0 Å². The van der Waals surface area contributed by atoms with Gasteiger partial charge in [-0.15, -0.1) is 0 Å². The second-order valence-corrected chi connectivity index (χ2v) is 9.01. The number of carbonyl (C=O) groups is 1. The van der Waals surface area contributed by atoms with Crippen LogP contribution < -0.4 is 0 Å². The minimum Gasteiger partial charge on any atom is -0.339 e. The summed E-state index contributed by atoms with van der Waals surface area (Å²) >= 11 is 0. The molecule has 0 radical (unpaired) electrons. The molecule has 32 heavy (non-hydrogen) atoms. The van der Waals surface area contributed by atoms with Gasteiger partial charge in [-0.1, -0.05) is 63.2 Å². The quantitative estimate of drug-likeness (QED) is 0.671. The number of rotatable bonds is 5. The molecule has 4 rings (SSSR count). The Bertz CT molecular complexity index is 867. The Balaban J connectivity index is 0.00000141. The van der Waals surface area contributed by atoms with Crippen LogP contribution in [0.25, 0.3) is 11.1 Å². The molecule has 0 N–H and O–H groups in total. The summed E-state index contributed by atoms with van der Waals surface area (Å²) in [5, 5.41) is 0. The topological polar surface area (TPSA) is 26.8 Å². The van der Waals surface area contributed by atoms with Crippen LogP contribution in [-0.2, 0) is 24.2 Å². The molecule has 1 saturated heterocycles. The Morgan fingerprint density at radius 2 is 1.53 bits per heavy atom. The van der Waals surface area contributed by atoms with Crippen molar-refractivity contribution in [2.45, 2.75) is 60.0 Å². The molecule has 0 aliphatic carbocycles. The number of amides is 1. The molecule has 1 amide bonds. The first kappa shape index (κ1) is 24.5. The van der Waals surface area contributed by atoms with Gasteiger partial charge in [-0.3, -0.25) is 14.6 Å². The summed E-state index contributed by atoms with van der Waals surface area (Å²) < 4.78 is 0. The van der Waals surface area contributed by atoms with E-state index in [0.717, 1.165) is 52.1 Å². The van der Waals surface area contributed by atoms with Crippen molar-refractivity contribution in [3.63, 3.8) is 0 Å². The molecular weight excluding hydrogens is 394 g/mol. The molecule has 4 heteroatoms. The Hall–Kier alpha value is -2.17. The molecule has 0 saturated carbocycles.